The highest BCUT2D eigenvalue weighted by molar-refractivity contribution is 6.30. The number of aliphatic hydroxyl groups excluding tert-OH is 1. The van der Waals surface area contributed by atoms with E-state index in [0.29, 0.717) is 13.0 Å². The molecule has 1 saturated carbocycles. The molecule has 0 bridgehead atoms. The lowest BCUT2D eigenvalue weighted by Gasteiger charge is -2.38. The van der Waals surface area contributed by atoms with Crippen molar-refractivity contribution in [1.29, 1.82) is 0 Å². The Kier molecular flexibility index (Phi) is 5.39. The predicted octanol–water partition coefficient (Wildman–Crippen LogP) is 2.39. The number of fused-ring (bicyclic) bond motifs is 1. The van der Waals surface area contributed by atoms with Crippen LogP contribution in [0.3, 0.4) is 0 Å². The third kappa shape index (κ3) is 3.34. The van der Waals surface area contributed by atoms with Gasteiger partial charge in [-0.1, -0.05) is 23.7 Å². The summed E-state index contributed by atoms with van der Waals surface area (Å²) in [5, 5.41) is 20.0. The number of hydrogen-bond acceptors (Lipinski definition) is 5. The molecule has 2 atom stereocenters. The third-order valence-electron chi connectivity index (χ3n) is 6.38. The Labute approximate surface area is 182 Å². The zero-order chi connectivity index (χ0) is 22.5. The van der Waals surface area contributed by atoms with Crippen molar-refractivity contribution in [1.82, 2.24) is 9.47 Å². The van der Waals surface area contributed by atoms with Gasteiger partial charge in [0, 0.05) is 38.2 Å². The molecule has 2 N–H and O–H groups in total. The van der Waals surface area contributed by atoms with E-state index in [1.165, 1.54) is 22.9 Å². The van der Waals surface area contributed by atoms with Crippen LogP contribution in [0.15, 0.2) is 29.2 Å². The number of aryl methyl sites for hydroxylation is 1. The molecule has 0 saturated heterocycles. The summed E-state index contributed by atoms with van der Waals surface area (Å²) in [5.41, 5.74) is -1.66. The van der Waals surface area contributed by atoms with Gasteiger partial charge in [-0.15, -0.1) is 0 Å². The number of carbonyl (C=O) groups excluding carboxylic acids is 2. The molecule has 9 heteroatoms. The smallest absolute Gasteiger partial charge is 0.275 e. The van der Waals surface area contributed by atoms with Crippen molar-refractivity contribution >= 4 is 23.3 Å². The molecule has 0 radical (unpaired) electrons. The summed E-state index contributed by atoms with van der Waals surface area (Å²) in [4.78, 5) is 40.0. The van der Waals surface area contributed by atoms with Crippen molar-refractivity contribution in [3.8, 4) is 5.75 Å². The monoisotopic (exact) mass is 448 g/mol. The highest BCUT2D eigenvalue weighted by Crippen LogP contribution is 2.52. The van der Waals surface area contributed by atoms with E-state index in [2.05, 4.69) is 0 Å². The number of aliphatic hydroxyl groups is 1. The highest BCUT2D eigenvalue weighted by Gasteiger charge is 2.61. The molecule has 1 aliphatic carbocycles. The van der Waals surface area contributed by atoms with Gasteiger partial charge in [-0.2, -0.15) is 0 Å². The Balaban J connectivity index is 1.66. The number of likely N-dealkylation sites (N-methyl/N-ethyl adjacent to an activating group) is 1. The molecule has 2 heterocycles. The van der Waals surface area contributed by atoms with E-state index >= 15 is 0 Å². The molecule has 1 spiro atoms. The van der Waals surface area contributed by atoms with Gasteiger partial charge >= 0.3 is 0 Å². The van der Waals surface area contributed by atoms with E-state index in [-0.39, 0.29) is 53.8 Å². The van der Waals surface area contributed by atoms with Gasteiger partial charge in [-0.25, -0.2) is 4.39 Å². The molecular weight excluding hydrogens is 427 g/mol. The van der Waals surface area contributed by atoms with Crippen LogP contribution in [0.2, 0.25) is 5.02 Å². The molecule has 1 aliphatic heterocycles. The molecule has 7 nitrogen and oxygen atoms in total. The van der Waals surface area contributed by atoms with Crippen LogP contribution >= 0.6 is 11.6 Å². The van der Waals surface area contributed by atoms with Crippen molar-refractivity contribution < 1.29 is 24.2 Å². The molecule has 4 rings (SSSR count). The van der Waals surface area contributed by atoms with E-state index in [0.717, 1.165) is 0 Å². The van der Waals surface area contributed by atoms with E-state index in [4.69, 9.17) is 11.6 Å². The Morgan fingerprint density at radius 2 is 2.10 bits per heavy atom. The molecule has 1 aromatic carbocycles. The molecule has 1 fully saturated rings. The fourth-order valence-electron chi connectivity index (χ4n) is 4.62. The molecule has 2 unspecified atom stereocenters. The zero-order valence-corrected chi connectivity index (χ0v) is 17.7. The lowest BCUT2D eigenvalue weighted by Crippen LogP contribution is -2.52. The summed E-state index contributed by atoms with van der Waals surface area (Å²) in [6.45, 7) is 2.35. The maximum absolute atomic E-state index is 14.1. The molecule has 1 amide bonds. The lowest BCUT2D eigenvalue weighted by atomic mass is 10.0. The normalized spacial score (nSPS) is 22.0. The molecule has 164 valence electrons. The largest absolute Gasteiger partial charge is 0.503 e. The number of amides is 1. The number of aromatic hydroxyl groups is 1. The quantitative estimate of drug-likeness (QED) is 0.661. The Hall–Kier alpha value is -2.71. The number of benzene rings is 1. The number of Topliss-reactive ketones (excluding diaryl/α,β-unsaturated/α-hetero) is 1. The number of rotatable bonds is 6. The van der Waals surface area contributed by atoms with Crippen molar-refractivity contribution in [2.45, 2.75) is 38.3 Å². The average molecular weight is 449 g/mol. The second kappa shape index (κ2) is 7.76. The fourth-order valence-corrected chi connectivity index (χ4v) is 4.81. The summed E-state index contributed by atoms with van der Waals surface area (Å²) in [7, 11) is 0. The van der Waals surface area contributed by atoms with Crippen molar-refractivity contribution in [3.63, 3.8) is 0 Å². The molecule has 1 aromatic heterocycles. The predicted molar refractivity (Wildman–Crippen MR) is 111 cm³/mol. The van der Waals surface area contributed by atoms with Crippen LogP contribution in [0.25, 0.3) is 0 Å². The summed E-state index contributed by atoms with van der Waals surface area (Å²) >= 11 is 5.77. The number of ketones is 1. The SMILES string of the molecule is CCN1C(=O)c2c(O)c(=O)c(C(=O)CCc3cccc(Cl)c3F)cn2CC12CC2CO. The van der Waals surface area contributed by atoms with Crippen LogP contribution in [0.5, 0.6) is 5.75 Å². The second-order valence-corrected chi connectivity index (χ2v) is 8.48. The van der Waals surface area contributed by atoms with Gasteiger partial charge in [0.15, 0.2) is 17.2 Å². The minimum absolute atomic E-state index is 0.0340. The van der Waals surface area contributed by atoms with E-state index in [1.54, 1.807) is 17.9 Å². The van der Waals surface area contributed by atoms with Crippen molar-refractivity contribution in [2.75, 3.05) is 13.2 Å². The van der Waals surface area contributed by atoms with Gasteiger partial charge in [0.25, 0.3) is 5.91 Å². The number of halogens is 2. The number of hydrogen-bond donors (Lipinski definition) is 2. The summed E-state index contributed by atoms with van der Waals surface area (Å²) in [5.74, 6) is -2.54. The number of aromatic nitrogens is 1. The van der Waals surface area contributed by atoms with Gasteiger partial charge < -0.3 is 19.7 Å². The first-order valence-corrected chi connectivity index (χ1v) is 10.5. The average Bonchev–Trinajstić information content (AvgIpc) is 3.44. The first kappa shape index (κ1) is 21.5. The topological polar surface area (TPSA) is 99.8 Å². The first-order valence-electron chi connectivity index (χ1n) is 10.1. The van der Waals surface area contributed by atoms with Gasteiger partial charge in [0.05, 0.1) is 16.1 Å². The minimum atomic E-state index is -0.919. The van der Waals surface area contributed by atoms with Crippen LogP contribution in [-0.2, 0) is 13.0 Å². The van der Waals surface area contributed by atoms with Gasteiger partial charge in [0.1, 0.15) is 5.82 Å². The van der Waals surface area contributed by atoms with Crippen molar-refractivity contribution in [3.05, 3.63) is 62.3 Å². The Bertz CT molecular complexity index is 1150. The zero-order valence-electron chi connectivity index (χ0n) is 16.9. The van der Waals surface area contributed by atoms with Gasteiger partial charge in [0.2, 0.25) is 5.43 Å². The molecular formula is C22H22ClFN2O5. The Morgan fingerprint density at radius 3 is 2.74 bits per heavy atom. The molecule has 31 heavy (non-hydrogen) atoms. The summed E-state index contributed by atoms with van der Waals surface area (Å²) in [6, 6.07) is 4.48. The molecule has 2 aromatic rings. The van der Waals surface area contributed by atoms with Crippen LogP contribution in [0.1, 0.15) is 46.2 Å². The van der Waals surface area contributed by atoms with Crippen molar-refractivity contribution in [2.24, 2.45) is 5.92 Å². The standard InChI is InChI=1S/C22H22ClFN2O5/c1-2-26-21(31)18-20(30)19(29)14(9-25(18)11-22(26)8-13(22)10-27)16(28)7-6-12-4-3-5-15(23)17(12)24/h3-5,9,13,27,30H,2,6-8,10-11H2,1H3. The fraction of sp³-hybridized carbons (Fsp3) is 0.409. The number of nitrogens with zero attached hydrogens (tertiary/aromatic N) is 2. The number of carbonyl (C=O) groups is 2. The van der Waals surface area contributed by atoms with Crippen LogP contribution in [-0.4, -0.2) is 50.1 Å². The van der Waals surface area contributed by atoms with Crippen LogP contribution in [0, 0.1) is 11.7 Å². The van der Waals surface area contributed by atoms with Crippen LogP contribution < -0.4 is 5.43 Å². The molecule has 2 aliphatic rings. The minimum Gasteiger partial charge on any atom is -0.503 e. The van der Waals surface area contributed by atoms with Crippen LogP contribution in [0.4, 0.5) is 4.39 Å². The summed E-state index contributed by atoms with van der Waals surface area (Å²) in [6.07, 6.45) is 1.77. The highest BCUT2D eigenvalue weighted by atomic mass is 35.5. The maximum atomic E-state index is 14.1. The Morgan fingerprint density at radius 1 is 1.35 bits per heavy atom. The third-order valence-corrected chi connectivity index (χ3v) is 6.67. The van der Waals surface area contributed by atoms with E-state index < -0.39 is 34.2 Å². The maximum Gasteiger partial charge on any atom is 0.275 e. The first-order chi connectivity index (χ1) is 14.7. The lowest BCUT2D eigenvalue weighted by molar-refractivity contribution is 0.0508. The van der Waals surface area contributed by atoms with E-state index in [1.807, 2.05) is 0 Å². The van der Waals surface area contributed by atoms with E-state index in [9.17, 15) is 29.0 Å². The number of pyridine rings is 1. The van der Waals surface area contributed by atoms with Gasteiger partial charge in [-0.05, 0) is 31.4 Å². The van der Waals surface area contributed by atoms with Gasteiger partial charge in [-0.3, -0.25) is 14.4 Å². The summed E-state index contributed by atoms with van der Waals surface area (Å²) < 4.78 is 15.5. The second-order valence-electron chi connectivity index (χ2n) is 8.07.